The molecule has 0 aromatic rings. The van der Waals surface area contributed by atoms with Gasteiger partial charge in [0.2, 0.25) is 10.0 Å². The van der Waals surface area contributed by atoms with Crippen molar-refractivity contribution in [2.24, 2.45) is 0 Å². The van der Waals surface area contributed by atoms with Gasteiger partial charge in [-0.05, 0) is 33.6 Å². The second-order valence-corrected chi connectivity index (χ2v) is 10.5. The van der Waals surface area contributed by atoms with E-state index in [1.54, 1.807) is 20.8 Å². The predicted molar refractivity (Wildman–Crippen MR) is 96.8 cm³/mol. The molecule has 0 atom stereocenters. The van der Waals surface area contributed by atoms with Crippen LogP contribution in [0, 0.1) is 0 Å². The Hall–Kier alpha value is -1.20. The molecular formula is C15H29NO8S2. The SMILES string of the molecule is CCOC(=O)CCCOC(=O)CCNS(=O)(=O)CCCS(=O)(=O)C(C)C. The number of ether oxygens (including phenoxy) is 2. The molecule has 0 saturated heterocycles. The lowest BCUT2D eigenvalue weighted by Crippen LogP contribution is -2.30. The molecule has 0 bridgehead atoms. The van der Waals surface area contributed by atoms with E-state index < -0.39 is 31.1 Å². The van der Waals surface area contributed by atoms with Crippen molar-refractivity contribution >= 4 is 31.8 Å². The molecule has 0 aromatic heterocycles. The Morgan fingerprint density at radius 3 is 2.12 bits per heavy atom. The van der Waals surface area contributed by atoms with Gasteiger partial charge >= 0.3 is 11.9 Å². The molecule has 0 saturated carbocycles. The summed E-state index contributed by atoms with van der Waals surface area (Å²) in [6.07, 6.45) is 0.324. The van der Waals surface area contributed by atoms with Crippen molar-refractivity contribution in [1.82, 2.24) is 4.72 Å². The van der Waals surface area contributed by atoms with E-state index in [1.165, 1.54) is 0 Å². The second kappa shape index (κ2) is 12.2. The first kappa shape index (κ1) is 24.8. The van der Waals surface area contributed by atoms with E-state index in [0.29, 0.717) is 13.0 Å². The van der Waals surface area contributed by atoms with Crippen LogP contribution in [0.25, 0.3) is 0 Å². The quantitative estimate of drug-likeness (QED) is 0.318. The van der Waals surface area contributed by atoms with E-state index in [0.717, 1.165) is 0 Å². The molecular weight excluding hydrogens is 386 g/mol. The van der Waals surface area contributed by atoms with E-state index in [2.05, 4.69) is 4.72 Å². The average molecular weight is 416 g/mol. The summed E-state index contributed by atoms with van der Waals surface area (Å²) < 4.78 is 58.6. The highest BCUT2D eigenvalue weighted by atomic mass is 32.2. The van der Waals surface area contributed by atoms with Crippen LogP contribution < -0.4 is 4.72 Å². The molecule has 11 heteroatoms. The van der Waals surface area contributed by atoms with E-state index in [1.807, 2.05) is 0 Å². The van der Waals surface area contributed by atoms with Gasteiger partial charge in [-0.2, -0.15) is 0 Å². The molecule has 0 radical (unpaired) electrons. The molecule has 0 aliphatic carbocycles. The Balaban J connectivity index is 3.93. The summed E-state index contributed by atoms with van der Waals surface area (Å²) in [7, 11) is -6.93. The van der Waals surface area contributed by atoms with Crippen LogP contribution in [0.15, 0.2) is 0 Å². The van der Waals surface area contributed by atoms with E-state index in [4.69, 9.17) is 9.47 Å². The molecule has 0 aliphatic heterocycles. The highest BCUT2D eigenvalue weighted by Gasteiger charge is 2.18. The fraction of sp³-hybridized carbons (Fsp3) is 0.867. The zero-order valence-electron chi connectivity index (χ0n) is 15.5. The van der Waals surface area contributed by atoms with Gasteiger partial charge in [0, 0.05) is 13.0 Å². The van der Waals surface area contributed by atoms with Gasteiger partial charge in [-0.3, -0.25) is 9.59 Å². The van der Waals surface area contributed by atoms with E-state index in [-0.39, 0.29) is 49.9 Å². The van der Waals surface area contributed by atoms with Gasteiger partial charge < -0.3 is 9.47 Å². The number of hydrogen-bond donors (Lipinski definition) is 1. The van der Waals surface area contributed by atoms with Gasteiger partial charge in [0.1, 0.15) is 0 Å². The van der Waals surface area contributed by atoms with Gasteiger partial charge in [-0.1, -0.05) is 0 Å². The van der Waals surface area contributed by atoms with Crippen LogP contribution >= 0.6 is 0 Å². The maximum absolute atomic E-state index is 11.8. The van der Waals surface area contributed by atoms with Crippen LogP contribution in [-0.2, 0) is 38.9 Å². The molecule has 26 heavy (non-hydrogen) atoms. The van der Waals surface area contributed by atoms with Crippen molar-refractivity contribution in [3.8, 4) is 0 Å². The number of esters is 2. The molecule has 0 aliphatic rings. The summed E-state index contributed by atoms with van der Waals surface area (Å²) in [4.78, 5) is 22.5. The zero-order chi connectivity index (χ0) is 20.2. The smallest absolute Gasteiger partial charge is 0.307 e. The Morgan fingerprint density at radius 2 is 1.54 bits per heavy atom. The molecule has 0 amide bonds. The summed E-state index contributed by atoms with van der Waals surface area (Å²) in [5.74, 6) is -1.48. The lowest BCUT2D eigenvalue weighted by atomic mass is 10.3. The van der Waals surface area contributed by atoms with E-state index >= 15 is 0 Å². The van der Waals surface area contributed by atoms with E-state index in [9.17, 15) is 26.4 Å². The molecule has 1 N–H and O–H groups in total. The summed E-state index contributed by atoms with van der Waals surface area (Å²) in [6.45, 7) is 5.00. The number of hydrogen-bond acceptors (Lipinski definition) is 8. The zero-order valence-corrected chi connectivity index (χ0v) is 17.2. The molecule has 154 valence electrons. The number of sulfone groups is 1. The van der Waals surface area contributed by atoms with Crippen molar-refractivity contribution in [2.75, 3.05) is 31.3 Å². The number of nitrogens with one attached hydrogen (secondary N) is 1. The number of rotatable bonds is 14. The topological polar surface area (TPSA) is 133 Å². The summed E-state index contributed by atoms with van der Waals surface area (Å²) >= 11 is 0. The van der Waals surface area contributed by atoms with Crippen molar-refractivity contribution in [1.29, 1.82) is 0 Å². The van der Waals surface area contributed by atoms with Crippen LogP contribution in [0.5, 0.6) is 0 Å². The third-order valence-electron chi connectivity index (χ3n) is 3.30. The van der Waals surface area contributed by atoms with Crippen LogP contribution in [0.4, 0.5) is 0 Å². The minimum Gasteiger partial charge on any atom is -0.466 e. The maximum atomic E-state index is 11.8. The second-order valence-electron chi connectivity index (χ2n) is 5.86. The first-order chi connectivity index (χ1) is 12.0. The lowest BCUT2D eigenvalue weighted by Gasteiger charge is -2.09. The van der Waals surface area contributed by atoms with Crippen LogP contribution in [-0.4, -0.2) is 65.3 Å². The first-order valence-corrected chi connectivity index (χ1v) is 11.9. The van der Waals surface area contributed by atoms with Crippen molar-refractivity contribution in [2.45, 2.75) is 51.7 Å². The molecule has 0 heterocycles. The van der Waals surface area contributed by atoms with Crippen molar-refractivity contribution < 1.29 is 35.9 Å². The average Bonchev–Trinajstić information content (AvgIpc) is 2.51. The Labute approximate surface area is 155 Å². The molecule has 0 aromatic carbocycles. The van der Waals surface area contributed by atoms with Crippen molar-refractivity contribution in [3.05, 3.63) is 0 Å². The number of sulfonamides is 1. The monoisotopic (exact) mass is 415 g/mol. The third kappa shape index (κ3) is 12.2. The van der Waals surface area contributed by atoms with Crippen molar-refractivity contribution in [3.63, 3.8) is 0 Å². The Kier molecular flexibility index (Phi) is 11.7. The van der Waals surface area contributed by atoms with Gasteiger partial charge in [-0.15, -0.1) is 0 Å². The molecule has 0 fully saturated rings. The highest BCUT2D eigenvalue weighted by Crippen LogP contribution is 2.04. The molecule has 0 unspecified atom stereocenters. The largest absolute Gasteiger partial charge is 0.466 e. The maximum Gasteiger partial charge on any atom is 0.307 e. The van der Waals surface area contributed by atoms with Crippen LogP contribution in [0.2, 0.25) is 0 Å². The standard InChI is InChI=1S/C15H29NO8S2/c1-4-23-14(17)7-5-10-24-15(18)8-9-16-26(21,22)12-6-11-25(19,20)13(2)3/h13,16H,4-12H2,1-3H3. The van der Waals surface area contributed by atoms with Gasteiger partial charge in [0.15, 0.2) is 9.84 Å². The third-order valence-corrected chi connectivity index (χ3v) is 7.07. The lowest BCUT2D eigenvalue weighted by molar-refractivity contribution is -0.147. The molecule has 0 rings (SSSR count). The summed E-state index contributed by atoms with van der Waals surface area (Å²) in [5, 5.41) is -0.545. The Morgan fingerprint density at radius 1 is 0.923 bits per heavy atom. The van der Waals surface area contributed by atoms with Crippen LogP contribution in [0.1, 0.15) is 46.5 Å². The number of carbonyl (C=O) groups is 2. The number of carbonyl (C=O) groups excluding carboxylic acids is 2. The Bertz CT molecular complexity index is 641. The summed E-state index contributed by atoms with van der Waals surface area (Å²) in [5.41, 5.74) is 0. The molecule has 9 nitrogen and oxygen atoms in total. The fourth-order valence-electron chi connectivity index (χ4n) is 1.77. The minimum atomic E-state index is -3.65. The van der Waals surface area contributed by atoms with Gasteiger partial charge in [0.05, 0.1) is 36.4 Å². The van der Waals surface area contributed by atoms with Gasteiger partial charge in [-0.25, -0.2) is 21.6 Å². The normalized spacial score (nSPS) is 12.2. The minimum absolute atomic E-state index is 0.00580. The predicted octanol–water partition coefficient (Wildman–Crippen LogP) is 0.396. The first-order valence-electron chi connectivity index (χ1n) is 8.50. The highest BCUT2D eigenvalue weighted by molar-refractivity contribution is 7.92. The molecule has 0 spiro atoms. The van der Waals surface area contributed by atoms with Crippen LogP contribution in [0.3, 0.4) is 0 Å². The summed E-state index contributed by atoms with van der Waals surface area (Å²) in [6, 6.07) is 0. The fourth-order valence-corrected chi connectivity index (χ4v) is 4.06. The van der Waals surface area contributed by atoms with Gasteiger partial charge in [0.25, 0.3) is 0 Å².